The number of aromatic nitrogens is 2. The molecule has 0 radical (unpaired) electrons. The molecule has 7 nitrogen and oxygen atoms in total. The van der Waals surface area contributed by atoms with Crippen LogP contribution in [0.4, 0.5) is 5.82 Å². The predicted octanol–water partition coefficient (Wildman–Crippen LogP) is 2.98. The van der Waals surface area contributed by atoms with Crippen LogP contribution in [0.3, 0.4) is 0 Å². The molecule has 1 fully saturated rings. The minimum absolute atomic E-state index is 0.0292. The van der Waals surface area contributed by atoms with Crippen LogP contribution in [0.1, 0.15) is 35.8 Å². The lowest BCUT2D eigenvalue weighted by Gasteiger charge is -2.30. The average molecular weight is 370 g/mol. The molecule has 1 amide bonds. The van der Waals surface area contributed by atoms with Crippen LogP contribution in [0.25, 0.3) is 0 Å². The minimum atomic E-state index is -0.0292. The summed E-state index contributed by atoms with van der Waals surface area (Å²) in [4.78, 5) is 22.9. The smallest absolute Gasteiger partial charge is 0.272 e. The van der Waals surface area contributed by atoms with Crippen molar-refractivity contribution in [1.29, 1.82) is 0 Å². The first-order chi connectivity index (χ1) is 13.1. The van der Waals surface area contributed by atoms with E-state index in [1.807, 2.05) is 23.1 Å². The number of methoxy groups -OCH3 is 2. The summed E-state index contributed by atoms with van der Waals surface area (Å²) >= 11 is 0. The van der Waals surface area contributed by atoms with E-state index in [0.29, 0.717) is 35.5 Å². The number of hydrogen-bond acceptors (Lipinski definition) is 6. The quantitative estimate of drug-likeness (QED) is 0.842. The molecule has 0 unspecified atom stereocenters. The Labute approximate surface area is 159 Å². The Kier molecular flexibility index (Phi) is 6.11. The highest BCUT2D eigenvalue weighted by molar-refractivity contribution is 5.92. The summed E-state index contributed by atoms with van der Waals surface area (Å²) in [6, 6.07) is 7.44. The molecule has 144 valence electrons. The van der Waals surface area contributed by atoms with Crippen molar-refractivity contribution in [2.45, 2.75) is 26.3 Å². The maximum absolute atomic E-state index is 12.7. The number of carbonyl (C=O) groups excluding carboxylic acids is 1. The van der Waals surface area contributed by atoms with Crippen LogP contribution in [-0.4, -0.2) is 48.1 Å². The second kappa shape index (κ2) is 8.70. The van der Waals surface area contributed by atoms with Crippen LogP contribution in [0.2, 0.25) is 0 Å². The molecule has 0 spiro atoms. The molecule has 27 heavy (non-hydrogen) atoms. The van der Waals surface area contributed by atoms with E-state index in [4.69, 9.17) is 9.47 Å². The minimum Gasteiger partial charge on any atom is -0.493 e. The van der Waals surface area contributed by atoms with Gasteiger partial charge in [-0.1, -0.05) is 13.0 Å². The van der Waals surface area contributed by atoms with Gasteiger partial charge in [0.05, 0.1) is 14.2 Å². The van der Waals surface area contributed by atoms with Crippen molar-refractivity contribution in [1.82, 2.24) is 14.9 Å². The zero-order chi connectivity index (χ0) is 19.2. The monoisotopic (exact) mass is 370 g/mol. The van der Waals surface area contributed by atoms with E-state index >= 15 is 0 Å². The lowest BCUT2D eigenvalue weighted by Crippen LogP contribution is -2.38. The first kappa shape index (κ1) is 18.9. The Morgan fingerprint density at radius 3 is 2.59 bits per heavy atom. The van der Waals surface area contributed by atoms with E-state index in [9.17, 15) is 4.79 Å². The zero-order valence-corrected chi connectivity index (χ0v) is 16.1. The molecule has 3 rings (SSSR count). The number of nitrogens with one attached hydrogen (secondary N) is 1. The maximum Gasteiger partial charge on any atom is 0.272 e. The first-order valence-corrected chi connectivity index (χ1v) is 9.16. The third-order valence-electron chi connectivity index (χ3n) is 4.88. The van der Waals surface area contributed by atoms with Gasteiger partial charge in [-0.2, -0.15) is 0 Å². The van der Waals surface area contributed by atoms with Gasteiger partial charge in [-0.25, -0.2) is 9.97 Å². The molecule has 0 bridgehead atoms. The van der Waals surface area contributed by atoms with Crippen LogP contribution in [0.15, 0.2) is 30.6 Å². The Morgan fingerprint density at radius 1 is 1.15 bits per heavy atom. The lowest BCUT2D eigenvalue weighted by atomic mass is 9.99. The topological polar surface area (TPSA) is 76.6 Å². The van der Waals surface area contributed by atoms with Gasteiger partial charge in [0, 0.05) is 25.7 Å². The van der Waals surface area contributed by atoms with Crippen LogP contribution in [0, 0.1) is 5.92 Å². The number of likely N-dealkylation sites (tertiary alicyclic amines) is 1. The largest absolute Gasteiger partial charge is 0.493 e. The summed E-state index contributed by atoms with van der Waals surface area (Å²) in [6.07, 6.45) is 3.51. The summed E-state index contributed by atoms with van der Waals surface area (Å²) < 4.78 is 10.6. The SMILES string of the molecule is COc1ccc(CNc2cc(C(=O)N3CCC(C)CC3)ncn2)cc1OC. The molecule has 0 atom stereocenters. The molecule has 1 aliphatic rings. The summed E-state index contributed by atoms with van der Waals surface area (Å²) in [6.45, 7) is 4.35. The van der Waals surface area contributed by atoms with E-state index in [1.54, 1.807) is 20.3 Å². The van der Waals surface area contributed by atoms with Gasteiger partial charge in [0.25, 0.3) is 5.91 Å². The van der Waals surface area contributed by atoms with Gasteiger partial charge in [-0.15, -0.1) is 0 Å². The fraction of sp³-hybridized carbons (Fsp3) is 0.450. The summed E-state index contributed by atoms with van der Waals surface area (Å²) in [5.74, 6) is 2.63. The van der Waals surface area contributed by atoms with E-state index in [1.165, 1.54) is 6.33 Å². The molecule has 1 aromatic carbocycles. The number of amides is 1. The molecule has 1 aromatic heterocycles. The van der Waals surface area contributed by atoms with Gasteiger partial charge in [0.2, 0.25) is 0 Å². The molecule has 2 heterocycles. The van der Waals surface area contributed by atoms with E-state index in [0.717, 1.165) is 31.5 Å². The standard InChI is InChI=1S/C20H26N4O3/c1-14-6-8-24(9-7-14)20(25)16-11-19(23-13-22-16)21-12-15-4-5-17(26-2)18(10-15)27-3/h4-5,10-11,13-14H,6-9,12H2,1-3H3,(H,21,22,23). The maximum atomic E-state index is 12.7. The fourth-order valence-corrected chi connectivity index (χ4v) is 3.13. The Balaban J connectivity index is 1.65. The molecule has 1 saturated heterocycles. The van der Waals surface area contributed by atoms with Gasteiger partial charge in [-0.3, -0.25) is 4.79 Å². The zero-order valence-electron chi connectivity index (χ0n) is 16.1. The number of benzene rings is 1. The third kappa shape index (κ3) is 4.67. The normalized spacial score (nSPS) is 14.7. The van der Waals surface area contributed by atoms with E-state index in [2.05, 4.69) is 22.2 Å². The number of piperidine rings is 1. The molecule has 2 aromatic rings. The van der Waals surface area contributed by atoms with Crippen molar-refractivity contribution in [3.05, 3.63) is 41.9 Å². The number of ether oxygens (including phenoxy) is 2. The molecule has 7 heteroatoms. The molecular formula is C20H26N4O3. The van der Waals surface area contributed by atoms with Gasteiger partial charge >= 0.3 is 0 Å². The highest BCUT2D eigenvalue weighted by Gasteiger charge is 2.22. The number of anilines is 1. The predicted molar refractivity (Wildman–Crippen MR) is 103 cm³/mol. The average Bonchev–Trinajstić information content (AvgIpc) is 2.72. The van der Waals surface area contributed by atoms with Crippen molar-refractivity contribution >= 4 is 11.7 Å². The fourth-order valence-electron chi connectivity index (χ4n) is 3.13. The van der Waals surface area contributed by atoms with Gasteiger partial charge < -0.3 is 19.7 Å². The summed E-state index contributed by atoms with van der Waals surface area (Å²) in [7, 11) is 3.22. The van der Waals surface area contributed by atoms with Gasteiger partial charge in [0.1, 0.15) is 17.8 Å². The highest BCUT2D eigenvalue weighted by Crippen LogP contribution is 2.27. The Bertz CT molecular complexity index is 789. The molecule has 1 aliphatic heterocycles. The van der Waals surface area contributed by atoms with Crippen molar-refractivity contribution in [3.63, 3.8) is 0 Å². The number of carbonyl (C=O) groups is 1. The third-order valence-corrected chi connectivity index (χ3v) is 4.88. The molecule has 1 N–H and O–H groups in total. The summed E-state index contributed by atoms with van der Waals surface area (Å²) in [5.41, 5.74) is 1.44. The van der Waals surface area contributed by atoms with Crippen molar-refractivity contribution in [2.24, 2.45) is 5.92 Å². The van der Waals surface area contributed by atoms with Gasteiger partial charge in [-0.05, 0) is 36.5 Å². The van der Waals surface area contributed by atoms with Crippen LogP contribution < -0.4 is 14.8 Å². The first-order valence-electron chi connectivity index (χ1n) is 9.16. The van der Waals surface area contributed by atoms with E-state index < -0.39 is 0 Å². The Hall–Kier alpha value is -2.83. The van der Waals surface area contributed by atoms with Crippen molar-refractivity contribution in [3.8, 4) is 11.5 Å². The molecular weight excluding hydrogens is 344 g/mol. The van der Waals surface area contributed by atoms with Crippen LogP contribution in [-0.2, 0) is 6.54 Å². The van der Waals surface area contributed by atoms with Crippen LogP contribution >= 0.6 is 0 Å². The van der Waals surface area contributed by atoms with Crippen LogP contribution in [0.5, 0.6) is 11.5 Å². The summed E-state index contributed by atoms with van der Waals surface area (Å²) in [5, 5.41) is 3.24. The Morgan fingerprint density at radius 2 is 1.89 bits per heavy atom. The highest BCUT2D eigenvalue weighted by atomic mass is 16.5. The number of nitrogens with zero attached hydrogens (tertiary/aromatic N) is 3. The second-order valence-corrected chi connectivity index (χ2v) is 6.81. The second-order valence-electron chi connectivity index (χ2n) is 6.81. The lowest BCUT2D eigenvalue weighted by molar-refractivity contribution is 0.0691. The van der Waals surface area contributed by atoms with Crippen molar-refractivity contribution in [2.75, 3.05) is 32.6 Å². The number of rotatable bonds is 6. The molecule has 0 aliphatic carbocycles. The van der Waals surface area contributed by atoms with Gasteiger partial charge in [0.15, 0.2) is 11.5 Å². The molecule has 0 saturated carbocycles. The van der Waals surface area contributed by atoms with Crippen molar-refractivity contribution < 1.29 is 14.3 Å². The number of hydrogen-bond donors (Lipinski definition) is 1. The van der Waals surface area contributed by atoms with E-state index in [-0.39, 0.29) is 5.91 Å².